The lowest BCUT2D eigenvalue weighted by molar-refractivity contribution is -0.274. The molecule has 32 heavy (non-hydrogen) atoms. The van der Waals surface area contributed by atoms with Crippen molar-refractivity contribution in [2.45, 2.75) is 26.1 Å². The summed E-state index contributed by atoms with van der Waals surface area (Å²) in [7, 11) is 0. The number of alkyl halides is 3. The topological polar surface area (TPSA) is 101 Å². The Morgan fingerprint density at radius 3 is 2.38 bits per heavy atom. The lowest BCUT2D eigenvalue weighted by Gasteiger charge is -2.13. The number of nitrogens with zero attached hydrogens (tertiary/aromatic N) is 1. The first-order chi connectivity index (χ1) is 14.9. The second-order valence-corrected chi connectivity index (χ2v) is 6.95. The van der Waals surface area contributed by atoms with Gasteiger partial charge in [-0.05, 0) is 49.7 Å². The van der Waals surface area contributed by atoms with Crippen LogP contribution in [-0.2, 0) is 4.79 Å². The van der Waals surface area contributed by atoms with E-state index in [1.165, 1.54) is 13.8 Å². The SMILES string of the molecule is Cc1c(C(C)C(=O)NCO)c2cc(O)c(F)cc2n1C(=O)c1ccc(OC(F)(F)F)cc1. The van der Waals surface area contributed by atoms with Crippen molar-refractivity contribution in [3.8, 4) is 11.5 Å². The fourth-order valence-electron chi connectivity index (χ4n) is 3.55. The van der Waals surface area contributed by atoms with E-state index in [4.69, 9.17) is 5.11 Å². The first kappa shape index (κ1) is 23.1. The maximum Gasteiger partial charge on any atom is 0.573 e. The van der Waals surface area contributed by atoms with E-state index >= 15 is 0 Å². The predicted molar refractivity (Wildman–Crippen MR) is 105 cm³/mol. The Kier molecular flexibility index (Phi) is 6.13. The van der Waals surface area contributed by atoms with Crippen LogP contribution in [0.25, 0.3) is 10.9 Å². The normalized spacial score (nSPS) is 12.6. The molecule has 0 saturated carbocycles. The molecule has 7 nitrogen and oxygen atoms in total. The summed E-state index contributed by atoms with van der Waals surface area (Å²) in [6.45, 7) is 2.39. The minimum absolute atomic E-state index is 0.0213. The summed E-state index contributed by atoms with van der Waals surface area (Å²) in [6, 6.07) is 6.18. The zero-order valence-electron chi connectivity index (χ0n) is 16.8. The first-order valence-electron chi connectivity index (χ1n) is 9.27. The smallest absolute Gasteiger partial charge is 0.505 e. The van der Waals surface area contributed by atoms with Crippen molar-refractivity contribution in [1.29, 1.82) is 0 Å². The van der Waals surface area contributed by atoms with Gasteiger partial charge in [-0.2, -0.15) is 0 Å². The molecule has 1 heterocycles. The van der Waals surface area contributed by atoms with Crippen molar-refractivity contribution < 1.29 is 42.1 Å². The molecule has 1 atom stereocenters. The van der Waals surface area contributed by atoms with E-state index < -0.39 is 48.1 Å². The van der Waals surface area contributed by atoms with Crippen molar-refractivity contribution in [1.82, 2.24) is 9.88 Å². The maximum absolute atomic E-state index is 14.1. The van der Waals surface area contributed by atoms with E-state index in [-0.39, 0.29) is 22.2 Å². The number of carbonyl (C=O) groups is 2. The summed E-state index contributed by atoms with van der Waals surface area (Å²) in [4.78, 5) is 25.5. The van der Waals surface area contributed by atoms with Gasteiger partial charge in [0, 0.05) is 22.7 Å². The number of carbonyl (C=O) groups excluding carboxylic acids is 2. The fraction of sp³-hybridized carbons (Fsp3) is 0.238. The largest absolute Gasteiger partial charge is 0.573 e. The molecule has 11 heteroatoms. The lowest BCUT2D eigenvalue weighted by Crippen LogP contribution is -2.29. The third-order valence-corrected chi connectivity index (χ3v) is 4.94. The molecule has 0 aliphatic rings. The number of rotatable bonds is 5. The van der Waals surface area contributed by atoms with Gasteiger partial charge in [-0.3, -0.25) is 14.2 Å². The molecular formula is C21H18F4N2O5. The minimum Gasteiger partial charge on any atom is -0.505 e. The fourth-order valence-corrected chi connectivity index (χ4v) is 3.55. The van der Waals surface area contributed by atoms with Gasteiger partial charge in [0.05, 0.1) is 11.4 Å². The molecule has 3 N–H and O–H groups in total. The second-order valence-electron chi connectivity index (χ2n) is 6.95. The highest BCUT2D eigenvalue weighted by Crippen LogP contribution is 2.36. The zero-order valence-corrected chi connectivity index (χ0v) is 16.8. The Morgan fingerprint density at radius 1 is 1.19 bits per heavy atom. The van der Waals surface area contributed by atoms with Gasteiger partial charge in [-0.25, -0.2) is 4.39 Å². The van der Waals surface area contributed by atoms with Gasteiger partial charge < -0.3 is 20.3 Å². The Bertz CT molecular complexity index is 1190. The lowest BCUT2D eigenvalue weighted by atomic mass is 9.97. The second kappa shape index (κ2) is 8.50. The average Bonchev–Trinajstić information content (AvgIpc) is 2.97. The number of halogens is 4. The van der Waals surface area contributed by atoms with Gasteiger partial charge in [-0.1, -0.05) is 0 Å². The van der Waals surface area contributed by atoms with Crippen LogP contribution in [0.3, 0.4) is 0 Å². The van der Waals surface area contributed by atoms with E-state index in [1.54, 1.807) is 0 Å². The average molecular weight is 454 g/mol. The Labute approximate surface area is 178 Å². The molecule has 3 aromatic rings. The Morgan fingerprint density at radius 2 is 1.81 bits per heavy atom. The van der Waals surface area contributed by atoms with E-state index in [2.05, 4.69) is 10.1 Å². The highest BCUT2D eigenvalue weighted by atomic mass is 19.4. The molecule has 0 spiro atoms. The Balaban J connectivity index is 2.13. The molecule has 1 aromatic heterocycles. The van der Waals surface area contributed by atoms with Gasteiger partial charge in [0.25, 0.3) is 5.91 Å². The molecule has 0 aliphatic heterocycles. The maximum atomic E-state index is 14.1. The van der Waals surface area contributed by atoms with Crippen molar-refractivity contribution >= 4 is 22.7 Å². The number of aromatic hydroxyl groups is 1. The van der Waals surface area contributed by atoms with Crippen LogP contribution >= 0.6 is 0 Å². The van der Waals surface area contributed by atoms with Crippen molar-refractivity contribution in [2.24, 2.45) is 0 Å². The third-order valence-electron chi connectivity index (χ3n) is 4.94. The number of aliphatic hydroxyl groups is 1. The molecule has 0 fully saturated rings. The monoisotopic (exact) mass is 454 g/mol. The van der Waals surface area contributed by atoms with Crippen molar-refractivity contribution in [2.75, 3.05) is 6.73 Å². The molecule has 0 aliphatic carbocycles. The molecule has 0 radical (unpaired) electrons. The molecule has 170 valence electrons. The van der Waals surface area contributed by atoms with Gasteiger partial charge in [0.15, 0.2) is 11.6 Å². The van der Waals surface area contributed by atoms with Crippen molar-refractivity contribution in [3.05, 3.63) is 59.0 Å². The number of hydrogen-bond donors (Lipinski definition) is 3. The molecule has 0 saturated heterocycles. The van der Waals surface area contributed by atoms with E-state index in [9.17, 15) is 32.3 Å². The summed E-state index contributed by atoms with van der Waals surface area (Å²) >= 11 is 0. The third kappa shape index (κ3) is 4.37. The molecule has 3 rings (SSSR count). The predicted octanol–water partition coefficient (Wildman–Crippen LogP) is 3.55. The number of fused-ring (bicyclic) bond motifs is 1. The first-order valence-corrected chi connectivity index (χ1v) is 9.27. The number of phenols is 1. The van der Waals surface area contributed by atoms with Crippen LogP contribution in [0, 0.1) is 12.7 Å². The van der Waals surface area contributed by atoms with Crippen molar-refractivity contribution in [3.63, 3.8) is 0 Å². The van der Waals surface area contributed by atoms with Crippen LogP contribution in [0.2, 0.25) is 0 Å². The number of amides is 1. The summed E-state index contributed by atoms with van der Waals surface area (Å²) in [6.07, 6.45) is -4.89. The van der Waals surface area contributed by atoms with Gasteiger partial charge in [0.2, 0.25) is 5.91 Å². The standard InChI is InChI=1S/C21H18F4N2O5/c1-10(19(30)26-9-28)18-11(2)27(16-8-15(22)17(29)7-14(16)18)20(31)12-3-5-13(6-4-12)32-21(23,24)25/h3-8,10,28-29H,9H2,1-2H3,(H,26,30). The molecular weight excluding hydrogens is 436 g/mol. The number of ether oxygens (including phenoxy) is 1. The summed E-state index contributed by atoms with van der Waals surface area (Å²) in [5.74, 6) is -4.36. The number of benzene rings is 2. The minimum atomic E-state index is -4.89. The number of nitrogens with one attached hydrogen (secondary N) is 1. The number of phenolic OH excluding ortho intramolecular Hbond substituents is 1. The summed E-state index contributed by atoms with van der Waals surface area (Å²) in [5.41, 5.74) is 0.599. The van der Waals surface area contributed by atoms with Gasteiger partial charge in [0.1, 0.15) is 12.5 Å². The van der Waals surface area contributed by atoms with Gasteiger partial charge in [-0.15, -0.1) is 13.2 Å². The van der Waals surface area contributed by atoms with E-state index in [0.717, 1.165) is 41.0 Å². The number of hydrogen-bond acceptors (Lipinski definition) is 5. The van der Waals surface area contributed by atoms with Gasteiger partial charge >= 0.3 is 6.36 Å². The summed E-state index contributed by atoms with van der Waals surface area (Å²) < 4.78 is 56.1. The summed E-state index contributed by atoms with van der Waals surface area (Å²) in [5, 5.41) is 21.3. The molecule has 1 unspecified atom stereocenters. The molecule has 0 bridgehead atoms. The molecule has 2 aromatic carbocycles. The van der Waals surface area contributed by atoms with Crippen LogP contribution in [0.1, 0.15) is 34.5 Å². The van der Waals surface area contributed by atoms with Crippen LogP contribution < -0.4 is 10.1 Å². The highest BCUT2D eigenvalue weighted by Gasteiger charge is 2.31. The van der Waals surface area contributed by atoms with E-state index in [1.807, 2.05) is 0 Å². The van der Waals surface area contributed by atoms with E-state index in [0.29, 0.717) is 5.56 Å². The quantitative estimate of drug-likeness (QED) is 0.405. The number of aromatic nitrogens is 1. The van der Waals surface area contributed by atoms with Crippen LogP contribution in [0.5, 0.6) is 11.5 Å². The van der Waals surface area contributed by atoms with Crippen LogP contribution in [0.4, 0.5) is 17.6 Å². The highest BCUT2D eigenvalue weighted by molar-refractivity contribution is 6.05. The Hall–Kier alpha value is -3.60. The van der Waals surface area contributed by atoms with Crippen LogP contribution in [-0.4, -0.2) is 39.7 Å². The van der Waals surface area contributed by atoms with Crippen LogP contribution in [0.15, 0.2) is 36.4 Å². The zero-order chi connectivity index (χ0) is 23.8. The molecule has 1 amide bonds. The number of aliphatic hydroxyl groups excluding tert-OH is 1.